The van der Waals surface area contributed by atoms with Gasteiger partial charge in [0.1, 0.15) is 0 Å². The number of allylic oxidation sites excluding steroid dienone is 3. The second-order valence-corrected chi connectivity index (χ2v) is 8.33. The van der Waals surface area contributed by atoms with Gasteiger partial charge in [0.15, 0.2) is 0 Å². The summed E-state index contributed by atoms with van der Waals surface area (Å²) in [6, 6.07) is 10.7. The monoisotopic (exact) mass is 449 g/mol. The van der Waals surface area contributed by atoms with Gasteiger partial charge in [-0.1, -0.05) is 44.4 Å². The molecule has 1 N–H and O–H groups in total. The summed E-state index contributed by atoms with van der Waals surface area (Å²) in [5.74, 6) is -0.117. The summed E-state index contributed by atoms with van der Waals surface area (Å²) in [4.78, 5) is 27.0. The smallest absolute Gasteiger partial charge is 0.269 e. The average molecular weight is 450 g/mol. The molecular formula is C27H35N3O3. The third-order valence-electron chi connectivity index (χ3n) is 5.51. The molecule has 2 aromatic rings. The van der Waals surface area contributed by atoms with Crippen molar-refractivity contribution in [1.82, 2.24) is 10.3 Å². The number of carbonyl (C=O) groups is 1. The highest BCUT2D eigenvalue weighted by molar-refractivity contribution is 5.88. The van der Waals surface area contributed by atoms with Crippen molar-refractivity contribution in [3.05, 3.63) is 88.3 Å². The van der Waals surface area contributed by atoms with Crippen molar-refractivity contribution in [2.24, 2.45) is 0 Å². The quantitative estimate of drug-likeness (QED) is 0.118. The normalized spacial score (nSPS) is 12.6. The van der Waals surface area contributed by atoms with E-state index in [1.54, 1.807) is 30.5 Å². The Morgan fingerprint density at radius 2 is 1.94 bits per heavy atom. The Morgan fingerprint density at radius 3 is 2.61 bits per heavy atom. The van der Waals surface area contributed by atoms with Crippen molar-refractivity contribution in [2.75, 3.05) is 0 Å². The van der Waals surface area contributed by atoms with E-state index in [2.05, 4.69) is 23.3 Å². The Morgan fingerprint density at radius 1 is 1.15 bits per heavy atom. The summed E-state index contributed by atoms with van der Waals surface area (Å²) >= 11 is 0. The molecule has 0 aliphatic rings. The molecule has 1 amide bonds. The van der Waals surface area contributed by atoms with Crippen LogP contribution in [0.15, 0.2) is 67.0 Å². The molecule has 1 atom stereocenters. The maximum Gasteiger partial charge on any atom is 0.269 e. The molecule has 6 nitrogen and oxygen atoms in total. The fourth-order valence-corrected chi connectivity index (χ4v) is 3.64. The van der Waals surface area contributed by atoms with Crippen LogP contribution in [0.1, 0.15) is 69.9 Å². The van der Waals surface area contributed by atoms with Gasteiger partial charge in [-0.25, -0.2) is 0 Å². The number of rotatable bonds is 14. The van der Waals surface area contributed by atoms with Crippen LogP contribution in [0.5, 0.6) is 0 Å². The number of amides is 1. The van der Waals surface area contributed by atoms with Crippen LogP contribution in [0.2, 0.25) is 0 Å². The SMILES string of the molecule is CCCCCCC(=CC=CC(=O)N[C@H](C)CCCc1cccnc1)c1ccc([N+](=O)[O-])cc1. The lowest BCUT2D eigenvalue weighted by Crippen LogP contribution is -2.31. The molecule has 0 saturated carbocycles. The molecular weight excluding hydrogens is 414 g/mol. The second-order valence-electron chi connectivity index (χ2n) is 8.33. The number of aromatic nitrogens is 1. The number of hydrogen-bond acceptors (Lipinski definition) is 4. The Balaban J connectivity index is 1.90. The second kappa shape index (κ2) is 14.7. The van der Waals surface area contributed by atoms with E-state index in [1.165, 1.54) is 24.1 Å². The zero-order valence-electron chi connectivity index (χ0n) is 19.7. The van der Waals surface area contributed by atoms with Gasteiger partial charge >= 0.3 is 0 Å². The predicted octanol–water partition coefficient (Wildman–Crippen LogP) is 6.43. The first-order valence-electron chi connectivity index (χ1n) is 11.8. The van der Waals surface area contributed by atoms with Crippen molar-refractivity contribution in [2.45, 2.75) is 71.3 Å². The minimum atomic E-state index is -0.392. The fourth-order valence-electron chi connectivity index (χ4n) is 3.64. The van der Waals surface area contributed by atoms with Crippen molar-refractivity contribution >= 4 is 17.2 Å². The average Bonchev–Trinajstić information content (AvgIpc) is 2.81. The maximum atomic E-state index is 12.3. The van der Waals surface area contributed by atoms with Crippen LogP contribution in [0, 0.1) is 10.1 Å². The van der Waals surface area contributed by atoms with E-state index in [0.717, 1.165) is 56.1 Å². The van der Waals surface area contributed by atoms with Gasteiger partial charge in [-0.05, 0) is 73.9 Å². The van der Waals surface area contributed by atoms with Crippen molar-refractivity contribution in [3.8, 4) is 0 Å². The van der Waals surface area contributed by atoms with Crippen LogP contribution >= 0.6 is 0 Å². The van der Waals surface area contributed by atoms with Gasteiger partial charge in [-0.3, -0.25) is 19.9 Å². The zero-order valence-corrected chi connectivity index (χ0v) is 19.7. The minimum absolute atomic E-state index is 0.0801. The minimum Gasteiger partial charge on any atom is -0.350 e. The molecule has 0 radical (unpaired) electrons. The maximum absolute atomic E-state index is 12.3. The molecule has 6 heteroatoms. The third kappa shape index (κ3) is 10.3. The molecule has 0 saturated heterocycles. The van der Waals surface area contributed by atoms with Crippen LogP contribution in [-0.2, 0) is 11.2 Å². The number of benzene rings is 1. The molecule has 176 valence electrons. The van der Waals surface area contributed by atoms with Gasteiger partial charge in [-0.2, -0.15) is 0 Å². The summed E-state index contributed by atoms with van der Waals surface area (Å²) in [5, 5.41) is 13.9. The fraction of sp³-hybridized carbons (Fsp3) is 0.407. The number of nitro benzene ring substituents is 1. The Bertz CT molecular complexity index is 921. The summed E-state index contributed by atoms with van der Waals surface area (Å²) in [7, 11) is 0. The summed E-state index contributed by atoms with van der Waals surface area (Å²) in [6.45, 7) is 4.19. The molecule has 33 heavy (non-hydrogen) atoms. The van der Waals surface area contributed by atoms with Gasteiger partial charge in [0.05, 0.1) is 4.92 Å². The lowest BCUT2D eigenvalue weighted by molar-refractivity contribution is -0.384. The molecule has 0 aliphatic heterocycles. The molecule has 0 aliphatic carbocycles. The first-order valence-corrected chi connectivity index (χ1v) is 11.8. The molecule has 0 unspecified atom stereocenters. The summed E-state index contributed by atoms with van der Waals surface area (Å²) in [6.07, 6.45) is 17.2. The van der Waals surface area contributed by atoms with E-state index >= 15 is 0 Å². The molecule has 1 heterocycles. The highest BCUT2D eigenvalue weighted by Crippen LogP contribution is 2.24. The van der Waals surface area contributed by atoms with Crippen molar-refractivity contribution in [1.29, 1.82) is 0 Å². The van der Waals surface area contributed by atoms with Crippen molar-refractivity contribution in [3.63, 3.8) is 0 Å². The van der Waals surface area contributed by atoms with Gasteiger partial charge in [0.25, 0.3) is 5.69 Å². The van der Waals surface area contributed by atoms with Crippen molar-refractivity contribution < 1.29 is 9.72 Å². The Kier molecular flexibility index (Phi) is 11.6. The first kappa shape index (κ1) is 26.0. The molecule has 2 rings (SSSR count). The number of aryl methyl sites for hydroxylation is 1. The zero-order chi connectivity index (χ0) is 23.9. The number of nitrogens with zero attached hydrogens (tertiary/aromatic N) is 2. The van der Waals surface area contributed by atoms with Crippen LogP contribution < -0.4 is 5.32 Å². The van der Waals surface area contributed by atoms with Crippen LogP contribution in [-0.4, -0.2) is 21.9 Å². The lowest BCUT2D eigenvalue weighted by atomic mass is 9.98. The number of non-ortho nitro benzene ring substituents is 1. The number of nitro groups is 1. The van der Waals surface area contributed by atoms with Gasteiger partial charge in [-0.15, -0.1) is 0 Å². The number of pyridine rings is 1. The molecule has 1 aromatic carbocycles. The first-order chi connectivity index (χ1) is 16.0. The molecule has 0 fully saturated rings. The molecule has 0 bridgehead atoms. The highest BCUT2D eigenvalue weighted by Gasteiger charge is 2.08. The highest BCUT2D eigenvalue weighted by atomic mass is 16.6. The van der Waals surface area contributed by atoms with Gasteiger partial charge < -0.3 is 5.32 Å². The number of nitrogens with one attached hydrogen (secondary N) is 1. The standard InChI is InChI=1S/C27H35N3O3/c1-3-4-5-6-13-24(25-16-18-26(19-17-25)30(32)33)14-8-15-27(31)29-22(2)10-7-11-23-12-9-20-28-21-23/h8-9,12,14-22H,3-7,10-11,13H2,1-2H3,(H,29,31)/t22-/m1/s1. The van der Waals surface area contributed by atoms with E-state index in [0.29, 0.717) is 0 Å². The number of hydrogen-bond donors (Lipinski definition) is 1. The number of carbonyl (C=O) groups excluding carboxylic acids is 1. The predicted molar refractivity (Wildman–Crippen MR) is 134 cm³/mol. The lowest BCUT2D eigenvalue weighted by Gasteiger charge is -2.12. The molecule has 0 spiro atoms. The summed E-state index contributed by atoms with van der Waals surface area (Å²) in [5.41, 5.74) is 3.32. The molecule has 1 aromatic heterocycles. The largest absolute Gasteiger partial charge is 0.350 e. The van der Waals surface area contributed by atoms with Crippen LogP contribution in [0.4, 0.5) is 5.69 Å². The van der Waals surface area contributed by atoms with E-state index in [1.807, 2.05) is 25.3 Å². The third-order valence-corrected chi connectivity index (χ3v) is 5.51. The Labute approximate surface area is 197 Å². The van der Waals surface area contributed by atoms with Gasteiger partial charge in [0.2, 0.25) is 5.91 Å². The van der Waals surface area contributed by atoms with Crippen LogP contribution in [0.25, 0.3) is 5.57 Å². The Hall–Kier alpha value is -3.28. The topological polar surface area (TPSA) is 85.1 Å². The summed E-state index contributed by atoms with van der Waals surface area (Å²) < 4.78 is 0. The van der Waals surface area contributed by atoms with E-state index in [4.69, 9.17) is 0 Å². The van der Waals surface area contributed by atoms with Crippen LogP contribution in [0.3, 0.4) is 0 Å². The van der Waals surface area contributed by atoms with Gasteiger partial charge in [0, 0.05) is 36.6 Å². The van der Waals surface area contributed by atoms with E-state index < -0.39 is 4.92 Å². The number of unbranched alkanes of at least 4 members (excludes halogenated alkanes) is 3. The van der Waals surface area contributed by atoms with E-state index in [-0.39, 0.29) is 17.6 Å². The van der Waals surface area contributed by atoms with E-state index in [9.17, 15) is 14.9 Å².